The average Bonchev–Trinajstić information content (AvgIpc) is 3.05. The molecule has 1 aromatic carbocycles. The lowest BCUT2D eigenvalue weighted by Crippen LogP contribution is -2.31. The smallest absolute Gasteiger partial charge is 0.330 e. The molecule has 2 heterocycles. The quantitative estimate of drug-likeness (QED) is 0.639. The van der Waals surface area contributed by atoms with Crippen molar-refractivity contribution < 1.29 is 0 Å². The maximum Gasteiger partial charge on any atom is 0.330 e. The van der Waals surface area contributed by atoms with Gasteiger partial charge in [-0.3, -0.25) is 14.3 Å². The van der Waals surface area contributed by atoms with Crippen LogP contribution < -0.4 is 16.6 Å². The van der Waals surface area contributed by atoms with E-state index in [9.17, 15) is 9.59 Å². The Morgan fingerprint density at radius 2 is 1.89 bits per heavy atom. The molecule has 0 bridgehead atoms. The van der Waals surface area contributed by atoms with Crippen molar-refractivity contribution in [2.24, 2.45) is 0 Å². The third-order valence-electron chi connectivity index (χ3n) is 4.85. The number of para-hydroxylation sites is 1. The molecule has 0 saturated carbocycles. The highest BCUT2D eigenvalue weighted by atomic mass is 16.2. The molecule has 0 aliphatic heterocycles. The third-order valence-corrected chi connectivity index (χ3v) is 4.85. The van der Waals surface area contributed by atoms with Crippen LogP contribution in [0.3, 0.4) is 0 Å². The fraction of sp³-hybridized carbons (Fsp3) is 0.450. The molecule has 0 spiro atoms. The minimum Gasteiger partial charge on any atom is -0.378 e. The van der Waals surface area contributed by atoms with Crippen LogP contribution in [0.15, 0.2) is 33.9 Å². The molecule has 0 amide bonds. The van der Waals surface area contributed by atoms with Crippen LogP contribution in [0, 0.1) is 0 Å². The highest BCUT2D eigenvalue weighted by Crippen LogP contribution is 2.18. The number of nitrogens with one attached hydrogen (secondary N) is 2. The number of unbranched alkanes of at least 4 members (excludes halogenated alkanes) is 1. The Hall–Kier alpha value is -2.83. The first kappa shape index (κ1) is 18.9. The topological polar surface area (TPSA) is 84.7 Å². The lowest BCUT2D eigenvalue weighted by molar-refractivity contribution is 0.613. The zero-order chi connectivity index (χ0) is 19.4. The first-order valence-corrected chi connectivity index (χ1v) is 9.64. The van der Waals surface area contributed by atoms with Gasteiger partial charge in [-0.05, 0) is 31.4 Å². The van der Waals surface area contributed by atoms with Gasteiger partial charge < -0.3 is 9.88 Å². The molecule has 0 unspecified atom stereocenters. The number of rotatable bonds is 8. The number of benzene rings is 1. The van der Waals surface area contributed by atoms with Gasteiger partial charge >= 0.3 is 5.69 Å². The number of fused-ring (bicyclic) bond motifs is 1. The normalized spacial score (nSPS) is 11.2. The standard InChI is InChI=1S/C20H27N5O2/c1-4-7-12-25-18-17(19(26)23-20(25)27)24(6-3)16(22-18)13-21-15-11-9-8-10-14(15)5-2/h8-11,21H,4-7,12-13H2,1-3H3,(H,23,26,27). The summed E-state index contributed by atoms with van der Waals surface area (Å²) in [7, 11) is 0. The average molecular weight is 369 g/mol. The number of aryl methyl sites for hydroxylation is 3. The number of H-pyrrole nitrogens is 1. The maximum absolute atomic E-state index is 12.4. The number of aromatic amines is 1. The minimum absolute atomic E-state index is 0.377. The van der Waals surface area contributed by atoms with Crippen LogP contribution in [0.5, 0.6) is 0 Å². The molecule has 7 nitrogen and oxygen atoms in total. The van der Waals surface area contributed by atoms with E-state index in [4.69, 9.17) is 0 Å². The number of hydrogen-bond acceptors (Lipinski definition) is 4. The van der Waals surface area contributed by atoms with Gasteiger partial charge in [-0.1, -0.05) is 38.5 Å². The van der Waals surface area contributed by atoms with Gasteiger partial charge in [0.2, 0.25) is 0 Å². The summed E-state index contributed by atoms with van der Waals surface area (Å²) in [5.41, 5.74) is 2.46. The molecular formula is C20H27N5O2. The first-order chi connectivity index (χ1) is 13.1. The summed E-state index contributed by atoms with van der Waals surface area (Å²) in [6, 6.07) is 8.16. The van der Waals surface area contributed by atoms with Crippen molar-refractivity contribution in [2.75, 3.05) is 5.32 Å². The summed E-state index contributed by atoms with van der Waals surface area (Å²) in [6.07, 6.45) is 2.75. The molecule has 0 atom stereocenters. The molecule has 0 aliphatic carbocycles. The number of imidazole rings is 1. The van der Waals surface area contributed by atoms with E-state index in [-0.39, 0.29) is 5.56 Å². The summed E-state index contributed by atoms with van der Waals surface area (Å²) in [5.74, 6) is 0.750. The van der Waals surface area contributed by atoms with Crippen molar-refractivity contribution in [3.8, 4) is 0 Å². The van der Waals surface area contributed by atoms with E-state index in [1.165, 1.54) is 5.56 Å². The highest BCUT2D eigenvalue weighted by Gasteiger charge is 2.17. The SMILES string of the molecule is CCCCn1c(=O)[nH]c(=O)c2c1nc(CNc1ccccc1CC)n2CC. The Bertz CT molecular complexity index is 1040. The maximum atomic E-state index is 12.4. The van der Waals surface area contributed by atoms with E-state index in [1.54, 1.807) is 4.57 Å². The molecule has 0 aliphatic rings. The fourth-order valence-electron chi connectivity index (χ4n) is 3.39. The summed E-state index contributed by atoms with van der Waals surface area (Å²) in [6.45, 7) is 7.81. The molecule has 7 heteroatoms. The third kappa shape index (κ3) is 3.67. The molecule has 27 heavy (non-hydrogen) atoms. The first-order valence-electron chi connectivity index (χ1n) is 9.64. The molecular weight excluding hydrogens is 342 g/mol. The highest BCUT2D eigenvalue weighted by molar-refractivity contribution is 5.71. The van der Waals surface area contributed by atoms with E-state index in [0.717, 1.165) is 30.8 Å². The second-order valence-electron chi connectivity index (χ2n) is 6.57. The largest absolute Gasteiger partial charge is 0.378 e. The minimum atomic E-state index is -0.391. The van der Waals surface area contributed by atoms with E-state index in [1.807, 2.05) is 29.7 Å². The number of aromatic nitrogens is 4. The van der Waals surface area contributed by atoms with Crippen molar-refractivity contribution >= 4 is 16.9 Å². The second-order valence-corrected chi connectivity index (χ2v) is 6.57. The van der Waals surface area contributed by atoms with E-state index in [0.29, 0.717) is 30.8 Å². The summed E-state index contributed by atoms with van der Waals surface area (Å²) in [4.78, 5) is 31.8. The lowest BCUT2D eigenvalue weighted by atomic mass is 10.1. The van der Waals surface area contributed by atoms with Crippen molar-refractivity contribution in [1.82, 2.24) is 19.1 Å². The monoisotopic (exact) mass is 369 g/mol. The molecule has 0 saturated heterocycles. The molecule has 3 rings (SSSR count). The van der Waals surface area contributed by atoms with Crippen LogP contribution in [0.2, 0.25) is 0 Å². The Morgan fingerprint density at radius 1 is 1.11 bits per heavy atom. The number of nitrogens with zero attached hydrogens (tertiary/aromatic N) is 3. The Balaban J connectivity index is 2.04. The van der Waals surface area contributed by atoms with E-state index >= 15 is 0 Å². The molecule has 0 radical (unpaired) electrons. The molecule has 3 aromatic rings. The lowest BCUT2D eigenvalue weighted by Gasteiger charge is -2.11. The van der Waals surface area contributed by atoms with Gasteiger partial charge in [0.25, 0.3) is 5.56 Å². The molecule has 2 N–H and O–H groups in total. The van der Waals surface area contributed by atoms with Gasteiger partial charge in [0.1, 0.15) is 5.82 Å². The second kappa shape index (κ2) is 8.24. The van der Waals surface area contributed by atoms with E-state index < -0.39 is 5.69 Å². The Labute approximate surface area is 158 Å². The van der Waals surface area contributed by atoms with Crippen molar-refractivity contribution in [1.29, 1.82) is 0 Å². The van der Waals surface area contributed by atoms with Gasteiger partial charge in [0.15, 0.2) is 11.2 Å². The van der Waals surface area contributed by atoms with Crippen molar-refractivity contribution in [3.05, 3.63) is 56.5 Å². The summed E-state index contributed by atoms with van der Waals surface area (Å²) < 4.78 is 3.47. The Kier molecular flexibility index (Phi) is 5.78. The molecule has 144 valence electrons. The molecule has 0 fully saturated rings. The zero-order valence-electron chi connectivity index (χ0n) is 16.2. The van der Waals surface area contributed by atoms with Crippen LogP contribution in [-0.4, -0.2) is 19.1 Å². The number of hydrogen-bond donors (Lipinski definition) is 2. The Morgan fingerprint density at radius 3 is 2.59 bits per heavy atom. The van der Waals surface area contributed by atoms with Crippen LogP contribution in [0.4, 0.5) is 5.69 Å². The zero-order valence-corrected chi connectivity index (χ0v) is 16.2. The summed E-state index contributed by atoms with van der Waals surface area (Å²) in [5, 5.41) is 3.43. The predicted molar refractivity (Wildman–Crippen MR) is 108 cm³/mol. The van der Waals surface area contributed by atoms with Gasteiger partial charge in [-0.15, -0.1) is 0 Å². The number of anilines is 1. The van der Waals surface area contributed by atoms with Crippen LogP contribution in [0.25, 0.3) is 11.2 Å². The van der Waals surface area contributed by atoms with Gasteiger partial charge in [0, 0.05) is 18.8 Å². The van der Waals surface area contributed by atoms with Crippen LogP contribution >= 0.6 is 0 Å². The molecule has 2 aromatic heterocycles. The summed E-state index contributed by atoms with van der Waals surface area (Å²) >= 11 is 0. The van der Waals surface area contributed by atoms with Crippen molar-refractivity contribution in [3.63, 3.8) is 0 Å². The van der Waals surface area contributed by atoms with Crippen LogP contribution in [0.1, 0.15) is 45.0 Å². The van der Waals surface area contributed by atoms with Gasteiger partial charge in [0.05, 0.1) is 6.54 Å². The van der Waals surface area contributed by atoms with Gasteiger partial charge in [-0.2, -0.15) is 0 Å². The van der Waals surface area contributed by atoms with Crippen molar-refractivity contribution in [2.45, 2.75) is 59.7 Å². The van der Waals surface area contributed by atoms with E-state index in [2.05, 4.69) is 35.2 Å². The van der Waals surface area contributed by atoms with Gasteiger partial charge in [-0.25, -0.2) is 9.78 Å². The predicted octanol–water partition coefficient (Wildman–Crippen LogP) is 2.88. The fourth-order valence-corrected chi connectivity index (χ4v) is 3.39. The van der Waals surface area contributed by atoms with Crippen LogP contribution in [-0.2, 0) is 26.1 Å².